The van der Waals surface area contributed by atoms with Crippen molar-refractivity contribution in [1.82, 2.24) is 4.72 Å². The molecular weight excluding hydrogens is 308 g/mol. The molecule has 0 aromatic carbocycles. The third kappa shape index (κ3) is 3.54. The van der Waals surface area contributed by atoms with Crippen LogP contribution in [0.5, 0.6) is 0 Å². The predicted octanol–water partition coefficient (Wildman–Crippen LogP) is 1.82. The average molecular weight is 325 g/mol. The van der Waals surface area contributed by atoms with Gasteiger partial charge in [-0.3, -0.25) is 0 Å². The lowest BCUT2D eigenvalue weighted by Crippen LogP contribution is -2.36. The van der Waals surface area contributed by atoms with Crippen molar-refractivity contribution in [3.8, 4) is 0 Å². The van der Waals surface area contributed by atoms with Crippen molar-refractivity contribution in [1.29, 1.82) is 0 Å². The van der Waals surface area contributed by atoms with Crippen molar-refractivity contribution in [2.45, 2.75) is 38.3 Å². The molecule has 0 fully saturated rings. The van der Waals surface area contributed by atoms with E-state index in [1.54, 1.807) is 0 Å². The topological polar surface area (TPSA) is 85.3 Å². The summed E-state index contributed by atoms with van der Waals surface area (Å²) >= 11 is 3.08. The van der Waals surface area contributed by atoms with Gasteiger partial charge in [-0.2, -0.15) is 0 Å². The Balaban J connectivity index is 3.01. The molecule has 1 rings (SSSR count). The van der Waals surface area contributed by atoms with E-state index in [2.05, 4.69) is 20.7 Å². The fourth-order valence-electron chi connectivity index (χ4n) is 1.13. The van der Waals surface area contributed by atoms with Gasteiger partial charge in [-0.15, -0.1) is 0 Å². The summed E-state index contributed by atoms with van der Waals surface area (Å²) in [6, 6.07) is 1.28. The molecule has 3 N–H and O–H groups in total. The lowest BCUT2D eigenvalue weighted by atomic mass is 10.1. The first kappa shape index (κ1) is 14.7. The van der Waals surface area contributed by atoms with Crippen LogP contribution in [-0.2, 0) is 16.6 Å². The van der Waals surface area contributed by atoms with Crippen LogP contribution in [0.4, 0.5) is 0 Å². The van der Waals surface area contributed by atoms with E-state index in [9.17, 15) is 8.42 Å². The largest absolute Gasteiger partial charge is 0.452 e. The summed E-state index contributed by atoms with van der Waals surface area (Å²) in [5, 5.41) is 0. The Hall–Kier alpha value is -0.370. The molecule has 1 aromatic heterocycles. The molecule has 17 heavy (non-hydrogen) atoms. The van der Waals surface area contributed by atoms with E-state index in [0.717, 1.165) is 0 Å². The zero-order chi connectivity index (χ0) is 13.2. The number of halogens is 1. The van der Waals surface area contributed by atoms with Crippen molar-refractivity contribution in [3.63, 3.8) is 0 Å². The second-order valence-electron chi connectivity index (χ2n) is 4.21. The highest BCUT2D eigenvalue weighted by molar-refractivity contribution is 9.10. The first-order chi connectivity index (χ1) is 7.77. The molecule has 5 nitrogen and oxygen atoms in total. The Morgan fingerprint density at radius 3 is 2.47 bits per heavy atom. The van der Waals surface area contributed by atoms with Gasteiger partial charge in [-0.25, -0.2) is 13.1 Å². The molecule has 0 aliphatic heterocycles. The molecule has 1 heterocycles. The van der Waals surface area contributed by atoms with Crippen molar-refractivity contribution >= 4 is 26.0 Å². The van der Waals surface area contributed by atoms with Gasteiger partial charge >= 0.3 is 0 Å². The van der Waals surface area contributed by atoms with Crippen LogP contribution in [0.3, 0.4) is 0 Å². The van der Waals surface area contributed by atoms with Crippen LogP contribution < -0.4 is 10.5 Å². The molecule has 7 heteroatoms. The van der Waals surface area contributed by atoms with Crippen LogP contribution >= 0.6 is 15.9 Å². The third-order valence-electron chi connectivity index (χ3n) is 2.54. The average Bonchev–Trinajstić information content (AvgIpc) is 2.59. The van der Waals surface area contributed by atoms with E-state index in [-0.39, 0.29) is 28.1 Å². The van der Waals surface area contributed by atoms with Gasteiger partial charge in [0, 0.05) is 12.1 Å². The molecule has 98 valence electrons. The standard InChI is InChI=1S/C10H17BrN2O3S/c1-6(2)7(3)13-17(14,15)9-4-8(5-12)16-10(9)11/h4,6-7,13H,5,12H2,1-3H3. The van der Waals surface area contributed by atoms with E-state index in [1.165, 1.54) is 6.07 Å². The van der Waals surface area contributed by atoms with Crippen LogP contribution in [0.15, 0.2) is 20.0 Å². The van der Waals surface area contributed by atoms with Gasteiger partial charge in [-0.05, 0) is 28.8 Å². The first-order valence-electron chi connectivity index (χ1n) is 5.28. The third-order valence-corrected chi connectivity index (χ3v) is 4.95. The molecular formula is C10H17BrN2O3S. The van der Waals surface area contributed by atoms with Crippen LogP contribution in [0, 0.1) is 5.92 Å². The van der Waals surface area contributed by atoms with Gasteiger partial charge < -0.3 is 10.2 Å². The highest BCUT2D eigenvalue weighted by Crippen LogP contribution is 2.26. The maximum Gasteiger partial charge on any atom is 0.245 e. The Bertz CT molecular complexity index is 482. The lowest BCUT2D eigenvalue weighted by Gasteiger charge is -2.16. The maximum absolute atomic E-state index is 12.1. The molecule has 1 aromatic rings. The smallest absolute Gasteiger partial charge is 0.245 e. The minimum atomic E-state index is -3.57. The Morgan fingerprint density at radius 2 is 2.06 bits per heavy atom. The first-order valence-corrected chi connectivity index (χ1v) is 7.56. The molecule has 0 saturated carbocycles. The van der Waals surface area contributed by atoms with E-state index in [1.807, 2.05) is 20.8 Å². The van der Waals surface area contributed by atoms with Gasteiger partial charge in [0.1, 0.15) is 10.7 Å². The van der Waals surface area contributed by atoms with Gasteiger partial charge in [0.25, 0.3) is 0 Å². The van der Waals surface area contributed by atoms with E-state index in [4.69, 9.17) is 10.2 Å². The highest BCUT2D eigenvalue weighted by Gasteiger charge is 2.24. The van der Waals surface area contributed by atoms with Gasteiger partial charge in [0.15, 0.2) is 4.67 Å². The molecule has 0 saturated heterocycles. The number of rotatable bonds is 5. The summed E-state index contributed by atoms with van der Waals surface area (Å²) < 4.78 is 32.0. The molecule has 0 aliphatic rings. The van der Waals surface area contributed by atoms with Gasteiger partial charge in [0.05, 0.1) is 6.54 Å². The second-order valence-corrected chi connectivity index (χ2v) is 6.61. The summed E-state index contributed by atoms with van der Waals surface area (Å²) in [6.07, 6.45) is 0. The fourth-order valence-corrected chi connectivity index (χ4v) is 3.52. The van der Waals surface area contributed by atoms with Crippen molar-refractivity contribution in [2.24, 2.45) is 11.7 Å². The predicted molar refractivity (Wildman–Crippen MR) is 68.9 cm³/mol. The van der Waals surface area contributed by atoms with Crippen LogP contribution in [0.2, 0.25) is 0 Å². The number of furan rings is 1. The minimum absolute atomic E-state index is 0.0884. The number of nitrogens with two attached hydrogens (primary N) is 1. The van der Waals surface area contributed by atoms with E-state index >= 15 is 0 Å². The zero-order valence-corrected chi connectivity index (χ0v) is 12.4. The van der Waals surface area contributed by atoms with Crippen molar-refractivity contribution in [3.05, 3.63) is 16.5 Å². The van der Waals surface area contributed by atoms with Crippen molar-refractivity contribution in [2.75, 3.05) is 0 Å². The molecule has 0 spiro atoms. The number of sulfonamides is 1. The van der Waals surface area contributed by atoms with E-state index in [0.29, 0.717) is 5.76 Å². The molecule has 0 aliphatic carbocycles. The van der Waals surface area contributed by atoms with Crippen LogP contribution in [-0.4, -0.2) is 14.5 Å². The minimum Gasteiger partial charge on any atom is -0.452 e. The molecule has 0 amide bonds. The molecule has 0 radical (unpaired) electrons. The second kappa shape index (κ2) is 5.51. The Labute approximate surface area is 110 Å². The summed E-state index contributed by atoms with van der Waals surface area (Å²) in [6.45, 7) is 5.87. The number of nitrogens with one attached hydrogen (secondary N) is 1. The molecule has 1 atom stereocenters. The summed E-state index contributed by atoms with van der Waals surface area (Å²) in [5.41, 5.74) is 5.39. The fraction of sp³-hybridized carbons (Fsp3) is 0.600. The highest BCUT2D eigenvalue weighted by atomic mass is 79.9. The monoisotopic (exact) mass is 324 g/mol. The van der Waals surface area contributed by atoms with Gasteiger partial charge in [-0.1, -0.05) is 13.8 Å². The van der Waals surface area contributed by atoms with E-state index < -0.39 is 10.0 Å². The SMILES string of the molecule is CC(C)C(C)NS(=O)(=O)c1cc(CN)oc1Br. The van der Waals surface area contributed by atoms with Gasteiger partial charge in [0.2, 0.25) is 10.0 Å². The number of hydrogen-bond acceptors (Lipinski definition) is 4. The maximum atomic E-state index is 12.1. The van der Waals surface area contributed by atoms with Crippen molar-refractivity contribution < 1.29 is 12.8 Å². The lowest BCUT2D eigenvalue weighted by molar-refractivity contribution is 0.470. The normalized spacial score (nSPS) is 14.2. The summed E-state index contributed by atoms with van der Waals surface area (Å²) in [7, 11) is -3.57. The summed E-state index contributed by atoms with van der Waals surface area (Å²) in [5.74, 6) is 0.638. The Morgan fingerprint density at radius 1 is 1.47 bits per heavy atom. The molecule has 0 bridgehead atoms. The van der Waals surface area contributed by atoms with Crippen LogP contribution in [0.1, 0.15) is 26.5 Å². The van der Waals surface area contributed by atoms with Crippen LogP contribution in [0.25, 0.3) is 0 Å². The zero-order valence-electron chi connectivity index (χ0n) is 10.0. The quantitative estimate of drug-likeness (QED) is 0.865. The summed E-state index contributed by atoms with van der Waals surface area (Å²) in [4.78, 5) is 0.0884. The molecule has 1 unspecified atom stereocenters. The Kier molecular flexibility index (Phi) is 4.77. The number of hydrogen-bond donors (Lipinski definition) is 2.